The highest BCUT2D eigenvalue weighted by molar-refractivity contribution is 9.42. The van der Waals surface area contributed by atoms with E-state index in [-0.39, 0.29) is 0 Å². The standard InChI is InChI=1S/CH3BrClOP/c1-5(2,3)4/h1H3. The second-order valence-corrected chi connectivity index (χ2v) is 9.39. The summed E-state index contributed by atoms with van der Waals surface area (Å²) in [6.07, 6.45) is 0. The summed E-state index contributed by atoms with van der Waals surface area (Å²) in [4.78, 5) is 0. The van der Waals surface area contributed by atoms with E-state index >= 15 is 0 Å². The molecule has 0 heterocycles. The molecule has 0 saturated carbocycles. The van der Waals surface area contributed by atoms with E-state index in [0.717, 1.165) is 0 Å². The molecule has 0 saturated heterocycles. The van der Waals surface area contributed by atoms with E-state index in [1.165, 1.54) is 6.66 Å². The van der Waals surface area contributed by atoms with Gasteiger partial charge >= 0.3 is 0 Å². The van der Waals surface area contributed by atoms with Gasteiger partial charge in [-0.3, -0.25) is 4.57 Å². The van der Waals surface area contributed by atoms with Crippen molar-refractivity contribution in [1.29, 1.82) is 0 Å². The molecule has 32 valence electrons. The number of halogens is 2. The molecule has 0 aromatic heterocycles. The average Bonchev–Trinajstić information content (AvgIpc) is 0.722. The Morgan fingerprint density at radius 2 is 2.00 bits per heavy atom. The Labute approximate surface area is 43.6 Å². The zero-order chi connectivity index (χ0) is 4.50. The zero-order valence-electron chi connectivity index (χ0n) is 2.61. The van der Waals surface area contributed by atoms with Crippen LogP contribution < -0.4 is 0 Å². The van der Waals surface area contributed by atoms with Crippen LogP contribution in [0.15, 0.2) is 0 Å². The summed E-state index contributed by atoms with van der Waals surface area (Å²) in [5.74, 6) is 0. The van der Waals surface area contributed by atoms with Crippen molar-refractivity contribution in [2.75, 3.05) is 6.66 Å². The van der Waals surface area contributed by atoms with Crippen LogP contribution in [-0.4, -0.2) is 6.66 Å². The minimum Gasteiger partial charge on any atom is -0.295 e. The van der Waals surface area contributed by atoms with Gasteiger partial charge in [-0.2, -0.15) is 0 Å². The highest BCUT2D eigenvalue weighted by Crippen LogP contribution is 2.54. The van der Waals surface area contributed by atoms with E-state index < -0.39 is 5.20 Å². The minimum absolute atomic E-state index is 1.43. The van der Waals surface area contributed by atoms with Crippen molar-refractivity contribution >= 4 is 31.9 Å². The number of rotatable bonds is 0. The van der Waals surface area contributed by atoms with Crippen LogP contribution in [0, 0.1) is 0 Å². The Morgan fingerprint density at radius 3 is 2.00 bits per heavy atom. The maximum Gasteiger partial charge on any atom is 0.227 e. The van der Waals surface area contributed by atoms with Gasteiger partial charge in [-0.25, -0.2) is 0 Å². The Hall–Kier alpha value is 1.00. The van der Waals surface area contributed by atoms with Gasteiger partial charge in [0.15, 0.2) is 0 Å². The molecule has 0 amide bonds. The van der Waals surface area contributed by atoms with Crippen LogP contribution in [0.2, 0.25) is 0 Å². The first-order chi connectivity index (χ1) is 2.00. The van der Waals surface area contributed by atoms with Crippen molar-refractivity contribution in [3.63, 3.8) is 0 Å². The smallest absolute Gasteiger partial charge is 0.227 e. The maximum atomic E-state index is 9.90. The first-order valence-corrected chi connectivity index (χ1v) is 6.05. The minimum atomic E-state index is -2.35. The molecule has 0 aliphatic carbocycles. The van der Waals surface area contributed by atoms with E-state index in [1.807, 2.05) is 0 Å². The van der Waals surface area contributed by atoms with Crippen LogP contribution in [0.3, 0.4) is 0 Å². The highest BCUT2D eigenvalue weighted by Gasteiger charge is 1.97. The Morgan fingerprint density at radius 1 is 2.00 bits per heavy atom. The topological polar surface area (TPSA) is 17.1 Å². The summed E-state index contributed by atoms with van der Waals surface area (Å²) in [5, 5.41) is -2.35. The van der Waals surface area contributed by atoms with Gasteiger partial charge in [0.25, 0.3) is 0 Å². The van der Waals surface area contributed by atoms with Crippen LogP contribution >= 0.6 is 31.9 Å². The van der Waals surface area contributed by atoms with Crippen molar-refractivity contribution in [3.05, 3.63) is 0 Å². The second-order valence-electron chi connectivity index (χ2n) is 0.723. The first kappa shape index (κ1) is 6.00. The Kier molecular flexibility index (Phi) is 1.96. The van der Waals surface area contributed by atoms with Crippen LogP contribution in [0.1, 0.15) is 0 Å². The molecular formula is CH3BrClOP. The lowest BCUT2D eigenvalue weighted by Gasteiger charge is -1.79. The maximum absolute atomic E-state index is 9.90. The van der Waals surface area contributed by atoms with E-state index in [1.54, 1.807) is 0 Å². The van der Waals surface area contributed by atoms with Crippen molar-refractivity contribution in [2.24, 2.45) is 0 Å². The average molecular weight is 177 g/mol. The zero-order valence-corrected chi connectivity index (χ0v) is 5.85. The van der Waals surface area contributed by atoms with Gasteiger partial charge in [-0.1, -0.05) is 0 Å². The molecule has 0 spiro atoms. The van der Waals surface area contributed by atoms with Gasteiger partial charge in [0.2, 0.25) is 5.20 Å². The molecule has 0 aromatic carbocycles. The van der Waals surface area contributed by atoms with Gasteiger partial charge in [-0.05, 0) is 26.7 Å². The molecule has 0 fully saturated rings. The third-order valence-electron chi connectivity index (χ3n) is 0. The molecule has 5 heavy (non-hydrogen) atoms. The first-order valence-electron chi connectivity index (χ1n) is 0.968. The summed E-state index contributed by atoms with van der Waals surface area (Å²) in [5.41, 5.74) is 0. The lowest BCUT2D eigenvalue weighted by molar-refractivity contribution is 0.597. The van der Waals surface area contributed by atoms with Gasteiger partial charge in [0.05, 0.1) is 0 Å². The van der Waals surface area contributed by atoms with Crippen molar-refractivity contribution in [3.8, 4) is 0 Å². The predicted molar refractivity (Wildman–Crippen MR) is 28.3 cm³/mol. The third kappa shape index (κ3) is 45.0. The normalized spacial score (nSPS) is 21.4. The van der Waals surface area contributed by atoms with Gasteiger partial charge in [-0.15, -0.1) is 0 Å². The van der Waals surface area contributed by atoms with E-state index in [2.05, 4.69) is 15.5 Å². The SMILES string of the molecule is CP(=O)(Cl)Br. The summed E-state index contributed by atoms with van der Waals surface area (Å²) in [6, 6.07) is 0. The van der Waals surface area contributed by atoms with Gasteiger partial charge in [0, 0.05) is 6.66 Å². The van der Waals surface area contributed by atoms with Gasteiger partial charge < -0.3 is 0 Å². The molecule has 1 atom stereocenters. The molecule has 0 rings (SSSR count). The van der Waals surface area contributed by atoms with Gasteiger partial charge in [0.1, 0.15) is 0 Å². The molecule has 0 N–H and O–H groups in total. The molecule has 0 aliphatic heterocycles. The summed E-state index contributed by atoms with van der Waals surface area (Å²) >= 11 is 7.70. The van der Waals surface area contributed by atoms with Crippen LogP contribution in [-0.2, 0) is 4.57 Å². The lowest BCUT2D eigenvalue weighted by atomic mass is 12.0. The Bertz CT molecular complexity index is 57.8. The van der Waals surface area contributed by atoms with E-state index in [4.69, 9.17) is 11.2 Å². The summed E-state index contributed by atoms with van der Waals surface area (Å²) < 4.78 is 9.90. The van der Waals surface area contributed by atoms with Crippen LogP contribution in [0.25, 0.3) is 0 Å². The molecule has 1 unspecified atom stereocenters. The third-order valence-corrected chi connectivity index (χ3v) is 0. The number of hydrogen-bond acceptors (Lipinski definition) is 1. The highest BCUT2D eigenvalue weighted by atomic mass is 79.9. The molecule has 0 bridgehead atoms. The fourth-order valence-electron chi connectivity index (χ4n) is 0. The second kappa shape index (κ2) is 1.63. The molecule has 4 heteroatoms. The van der Waals surface area contributed by atoms with E-state index in [9.17, 15) is 4.57 Å². The monoisotopic (exact) mass is 176 g/mol. The van der Waals surface area contributed by atoms with Crippen molar-refractivity contribution in [2.45, 2.75) is 0 Å². The fraction of sp³-hybridized carbons (Fsp3) is 1.00. The van der Waals surface area contributed by atoms with Crippen molar-refractivity contribution in [1.82, 2.24) is 0 Å². The number of hydrogen-bond donors (Lipinski definition) is 0. The molecule has 1 nitrogen and oxygen atoms in total. The van der Waals surface area contributed by atoms with E-state index in [0.29, 0.717) is 0 Å². The van der Waals surface area contributed by atoms with Crippen LogP contribution in [0.5, 0.6) is 0 Å². The largest absolute Gasteiger partial charge is 0.295 e. The molecule has 0 aromatic rings. The Balaban J connectivity index is 3.47. The molecule has 0 aliphatic rings. The predicted octanol–water partition coefficient (Wildman–Crippen LogP) is 2.44. The lowest BCUT2D eigenvalue weighted by Crippen LogP contribution is -1.35. The van der Waals surface area contributed by atoms with Crippen LogP contribution in [0.4, 0.5) is 0 Å². The summed E-state index contributed by atoms with van der Waals surface area (Å²) in [7, 11) is 0. The molecular weight excluding hydrogens is 174 g/mol. The molecule has 0 radical (unpaired) electrons. The fourth-order valence-corrected chi connectivity index (χ4v) is 0. The quantitative estimate of drug-likeness (QED) is 0.519. The summed E-state index contributed by atoms with van der Waals surface area (Å²) in [6.45, 7) is 1.43. The van der Waals surface area contributed by atoms with Crippen molar-refractivity contribution < 1.29 is 4.57 Å².